The third-order valence-electron chi connectivity index (χ3n) is 5.60. The fourth-order valence-electron chi connectivity index (χ4n) is 4.21. The maximum Gasteiger partial charge on any atom is 0.339 e. The van der Waals surface area contributed by atoms with Crippen molar-refractivity contribution >= 4 is 22.8 Å². The van der Waals surface area contributed by atoms with Gasteiger partial charge in [-0.1, -0.05) is 36.4 Å². The van der Waals surface area contributed by atoms with Crippen LogP contribution in [-0.2, 0) is 10.3 Å². The van der Waals surface area contributed by atoms with E-state index in [1.807, 2.05) is 53.4 Å². The highest BCUT2D eigenvalue weighted by Crippen LogP contribution is 2.44. The van der Waals surface area contributed by atoms with Gasteiger partial charge in [0.1, 0.15) is 5.60 Å². The second kappa shape index (κ2) is 5.46. The Bertz CT molecular complexity index is 1030. The minimum atomic E-state index is -0.579. The fraction of sp³-hybridized carbons (Fsp3) is 0.238. The molecule has 1 fully saturated rings. The van der Waals surface area contributed by atoms with E-state index in [1.54, 1.807) is 6.20 Å². The van der Waals surface area contributed by atoms with Crippen molar-refractivity contribution in [3.8, 4) is 0 Å². The summed E-state index contributed by atoms with van der Waals surface area (Å²) in [6.07, 6.45) is 3.04. The fourth-order valence-corrected chi connectivity index (χ4v) is 4.21. The number of likely N-dealkylation sites (tertiary alicyclic amines) is 1. The zero-order valence-electron chi connectivity index (χ0n) is 14.2. The molecule has 2 aliphatic rings. The summed E-state index contributed by atoms with van der Waals surface area (Å²) in [5.74, 6) is -0.230. The summed E-state index contributed by atoms with van der Waals surface area (Å²) in [5, 5.41) is 0.940. The number of benzene rings is 2. The molecule has 3 heterocycles. The van der Waals surface area contributed by atoms with E-state index in [4.69, 9.17) is 4.74 Å². The predicted molar refractivity (Wildman–Crippen MR) is 97.0 cm³/mol. The summed E-state index contributed by atoms with van der Waals surface area (Å²) < 4.78 is 5.77. The molecule has 1 aromatic heterocycles. The summed E-state index contributed by atoms with van der Waals surface area (Å²) in [7, 11) is 0. The second-order valence-electron chi connectivity index (χ2n) is 6.97. The standard InChI is InChI=1S/C21H18N2O3/c24-19(16-13-22-18-8-4-2-5-14(16)18)23-11-9-21(10-12-23)17-7-3-1-6-15(17)20(25)26-21/h1-8,13,22H,9-12H2. The maximum absolute atomic E-state index is 13.0. The lowest BCUT2D eigenvalue weighted by molar-refractivity contribution is -0.0389. The molecule has 130 valence electrons. The van der Waals surface area contributed by atoms with Crippen LogP contribution in [0.25, 0.3) is 10.9 Å². The van der Waals surface area contributed by atoms with E-state index in [1.165, 1.54) is 0 Å². The average molecular weight is 346 g/mol. The van der Waals surface area contributed by atoms with Crippen molar-refractivity contribution in [1.29, 1.82) is 0 Å². The van der Waals surface area contributed by atoms with Crippen LogP contribution in [-0.4, -0.2) is 34.8 Å². The Hall–Kier alpha value is -3.08. The quantitative estimate of drug-likeness (QED) is 0.686. The van der Waals surface area contributed by atoms with Crippen molar-refractivity contribution in [2.24, 2.45) is 0 Å². The number of rotatable bonds is 1. The number of H-pyrrole nitrogens is 1. The van der Waals surface area contributed by atoms with Crippen LogP contribution in [0.1, 0.15) is 39.1 Å². The largest absolute Gasteiger partial charge is 0.450 e. The van der Waals surface area contributed by atoms with Crippen LogP contribution in [0.5, 0.6) is 0 Å². The summed E-state index contributed by atoms with van der Waals surface area (Å²) in [5.41, 5.74) is 2.70. The molecule has 3 aromatic rings. The normalized spacial score (nSPS) is 18.2. The topological polar surface area (TPSA) is 62.4 Å². The van der Waals surface area contributed by atoms with Crippen molar-refractivity contribution in [2.45, 2.75) is 18.4 Å². The first-order valence-electron chi connectivity index (χ1n) is 8.86. The van der Waals surface area contributed by atoms with E-state index in [0.29, 0.717) is 37.1 Å². The lowest BCUT2D eigenvalue weighted by atomic mass is 9.83. The van der Waals surface area contributed by atoms with E-state index in [9.17, 15) is 9.59 Å². The number of hydrogen-bond donors (Lipinski definition) is 1. The van der Waals surface area contributed by atoms with Gasteiger partial charge in [-0.3, -0.25) is 4.79 Å². The van der Waals surface area contributed by atoms with Gasteiger partial charge in [0, 0.05) is 48.6 Å². The predicted octanol–water partition coefficient (Wildman–Crippen LogP) is 3.47. The molecule has 0 radical (unpaired) electrons. The van der Waals surface area contributed by atoms with Crippen LogP contribution in [0.4, 0.5) is 0 Å². The van der Waals surface area contributed by atoms with Gasteiger partial charge >= 0.3 is 5.97 Å². The molecule has 0 bridgehead atoms. The maximum atomic E-state index is 13.0. The minimum Gasteiger partial charge on any atom is -0.450 e. The number of fused-ring (bicyclic) bond motifs is 3. The van der Waals surface area contributed by atoms with Gasteiger partial charge in [-0.2, -0.15) is 0 Å². The third kappa shape index (κ3) is 2.10. The van der Waals surface area contributed by atoms with Gasteiger partial charge in [0.05, 0.1) is 11.1 Å². The number of carbonyl (C=O) groups excluding carboxylic acids is 2. The van der Waals surface area contributed by atoms with E-state index in [-0.39, 0.29) is 11.9 Å². The number of hydrogen-bond acceptors (Lipinski definition) is 3. The molecule has 1 spiro atoms. The number of nitrogens with one attached hydrogen (secondary N) is 1. The first-order chi connectivity index (χ1) is 12.7. The summed E-state index contributed by atoms with van der Waals surface area (Å²) in [6, 6.07) is 15.4. The molecular formula is C21H18N2O3. The minimum absolute atomic E-state index is 0.0231. The Morgan fingerprint density at radius 2 is 1.77 bits per heavy atom. The van der Waals surface area contributed by atoms with Crippen LogP contribution < -0.4 is 0 Å². The number of nitrogens with zero attached hydrogens (tertiary/aromatic N) is 1. The number of para-hydroxylation sites is 1. The Balaban J connectivity index is 1.40. The molecule has 0 saturated carbocycles. The van der Waals surface area contributed by atoms with Crippen molar-refractivity contribution in [1.82, 2.24) is 9.88 Å². The van der Waals surface area contributed by atoms with Crippen LogP contribution in [0.3, 0.4) is 0 Å². The van der Waals surface area contributed by atoms with Gasteiger partial charge in [0.2, 0.25) is 0 Å². The molecule has 0 unspecified atom stereocenters. The van der Waals surface area contributed by atoms with Gasteiger partial charge in [-0.15, -0.1) is 0 Å². The van der Waals surface area contributed by atoms with Gasteiger partial charge in [0.25, 0.3) is 5.91 Å². The summed E-state index contributed by atoms with van der Waals surface area (Å²) in [4.78, 5) is 30.2. The van der Waals surface area contributed by atoms with Crippen LogP contribution >= 0.6 is 0 Å². The van der Waals surface area contributed by atoms with Crippen LogP contribution in [0, 0.1) is 0 Å². The van der Waals surface area contributed by atoms with Gasteiger partial charge in [0.15, 0.2) is 0 Å². The number of esters is 1. The molecule has 5 heteroatoms. The lowest BCUT2D eigenvalue weighted by Crippen LogP contribution is -2.45. The molecule has 5 nitrogen and oxygen atoms in total. The van der Waals surface area contributed by atoms with Crippen LogP contribution in [0.2, 0.25) is 0 Å². The van der Waals surface area contributed by atoms with E-state index in [2.05, 4.69) is 4.98 Å². The van der Waals surface area contributed by atoms with Crippen molar-refractivity contribution < 1.29 is 14.3 Å². The van der Waals surface area contributed by atoms with E-state index in [0.717, 1.165) is 16.5 Å². The highest BCUT2D eigenvalue weighted by molar-refractivity contribution is 6.06. The Morgan fingerprint density at radius 1 is 1.04 bits per heavy atom. The Morgan fingerprint density at radius 3 is 2.62 bits per heavy atom. The zero-order chi connectivity index (χ0) is 17.7. The molecule has 1 saturated heterocycles. The smallest absolute Gasteiger partial charge is 0.339 e. The number of aromatic amines is 1. The molecule has 0 atom stereocenters. The van der Waals surface area contributed by atoms with Gasteiger partial charge in [-0.05, 0) is 12.1 Å². The molecule has 5 rings (SSSR count). The first-order valence-corrected chi connectivity index (χ1v) is 8.86. The van der Waals surface area contributed by atoms with E-state index >= 15 is 0 Å². The molecule has 2 aromatic carbocycles. The molecule has 0 aliphatic carbocycles. The zero-order valence-corrected chi connectivity index (χ0v) is 14.2. The SMILES string of the molecule is O=C1OC2(CCN(C(=O)c3c[nH]c4ccccc34)CC2)c2ccccc21. The molecule has 26 heavy (non-hydrogen) atoms. The van der Waals surface area contributed by atoms with Crippen molar-refractivity contribution in [3.63, 3.8) is 0 Å². The number of piperidine rings is 1. The van der Waals surface area contributed by atoms with Crippen molar-refractivity contribution in [3.05, 3.63) is 71.4 Å². The Kier molecular flexibility index (Phi) is 3.19. The van der Waals surface area contributed by atoms with Gasteiger partial charge in [-0.25, -0.2) is 4.79 Å². The number of aromatic nitrogens is 1. The number of amides is 1. The summed E-state index contributed by atoms with van der Waals surface area (Å²) >= 11 is 0. The lowest BCUT2D eigenvalue weighted by Gasteiger charge is -2.38. The van der Waals surface area contributed by atoms with Crippen molar-refractivity contribution in [2.75, 3.05) is 13.1 Å². The molecular weight excluding hydrogens is 328 g/mol. The third-order valence-corrected chi connectivity index (χ3v) is 5.60. The monoisotopic (exact) mass is 346 g/mol. The molecule has 1 amide bonds. The second-order valence-corrected chi connectivity index (χ2v) is 6.97. The number of carbonyl (C=O) groups is 2. The summed E-state index contributed by atoms with van der Waals surface area (Å²) in [6.45, 7) is 1.14. The highest BCUT2D eigenvalue weighted by atomic mass is 16.6. The first kappa shape index (κ1) is 15.2. The van der Waals surface area contributed by atoms with Crippen LogP contribution in [0.15, 0.2) is 54.7 Å². The number of ether oxygens (including phenoxy) is 1. The van der Waals surface area contributed by atoms with E-state index < -0.39 is 5.60 Å². The Labute approximate surface area is 150 Å². The van der Waals surface area contributed by atoms with Gasteiger partial charge < -0.3 is 14.6 Å². The molecule has 1 N–H and O–H groups in total. The molecule has 2 aliphatic heterocycles. The highest BCUT2D eigenvalue weighted by Gasteiger charge is 2.47. The average Bonchev–Trinajstić information content (AvgIpc) is 3.22.